The van der Waals surface area contributed by atoms with Gasteiger partial charge in [0.2, 0.25) is 0 Å². The SMILES string of the molecule is CC(=O)C1=CC[C@H]2[C@@H]3CC[C@@H]4C=C(OC(=O)CCN5CCCC5)CC[C@]4(C)[C@H]3CC[C@]12C. The average Bonchev–Trinajstić information content (AvgIpc) is 3.39. The third-order valence-electron chi connectivity index (χ3n) is 10.3. The fourth-order valence-corrected chi connectivity index (χ4v) is 8.48. The Hall–Kier alpha value is -1.42. The molecule has 176 valence electrons. The number of likely N-dealkylation sites (tertiary alicyclic amines) is 1. The smallest absolute Gasteiger partial charge is 0.312 e. The molecule has 0 N–H and O–H groups in total. The molecule has 0 aromatic carbocycles. The van der Waals surface area contributed by atoms with Crippen molar-refractivity contribution in [3.63, 3.8) is 0 Å². The van der Waals surface area contributed by atoms with Gasteiger partial charge in [0.05, 0.1) is 6.42 Å². The summed E-state index contributed by atoms with van der Waals surface area (Å²) in [6.45, 7) is 9.72. The minimum absolute atomic E-state index is 0.0531. The van der Waals surface area contributed by atoms with Gasteiger partial charge in [-0.1, -0.05) is 19.9 Å². The molecule has 0 aromatic rings. The first-order chi connectivity index (χ1) is 15.3. The van der Waals surface area contributed by atoms with E-state index in [1.54, 1.807) is 6.92 Å². The molecular weight excluding hydrogens is 398 g/mol. The zero-order chi connectivity index (χ0) is 22.5. The van der Waals surface area contributed by atoms with Crippen LogP contribution in [0.25, 0.3) is 0 Å². The van der Waals surface area contributed by atoms with E-state index in [-0.39, 0.29) is 17.2 Å². The summed E-state index contributed by atoms with van der Waals surface area (Å²) in [5.74, 6) is 3.76. The lowest BCUT2D eigenvalue weighted by atomic mass is 9.45. The predicted octanol–water partition coefficient (Wildman–Crippen LogP) is 5.68. The van der Waals surface area contributed by atoms with Gasteiger partial charge in [0, 0.05) is 13.0 Å². The Bertz CT molecular complexity index is 838. The van der Waals surface area contributed by atoms with Crippen LogP contribution >= 0.6 is 0 Å². The Morgan fingerprint density at radius 3 is 2.62 bits per heavy atom. The highest BCUT2D eigenvalue weighted by Gasteiger charge is 2.58. The van der Waals surface area contributed by atoms with Gasteiger partial charge in [0.25, 0.3) is 0 Å². The van der Waals surface area contributed by atoms with Crippen molar-refractivity contribution in [2.24, 2.45) is 34.5 Å². The molecule has 1 saturated heterocycles. The minimum Gasteiger partial charge on any atom is -0.431 e. The first kappa shape index (κ1) is 22.4. The second-order valence-corrected chi connectivity index (χ2v) is 11.8. The molecular formula is C28H41NO3. The van der Waals surface area contributed by atoms with E-state index in [9.17, 15) is 9.59 Å². The van der Waals surface area contributed by atoms with Crippen molar-refractivity contribution in [3.05, 3.63) is 23.5 Å². The second kappa shape index (κ2) is 8.42. The molecule has 0 amide bonds. The minimum atomic E-state index is -0.0531. The Morgan fingerprint density at radius 2 is 1.88 bits per heavy atom. The molecule has 0 spiro atoms. The quantitative estimate of drug-likeness (QED) is 0.517. The Labute approximate surface area is 193 Å². The van der Waals surface area contributed by atoms with E-state index in [4.69, 9.17) is 4.74 Å². The van der Waals surface area contributed by atoms with Gasteiger partial charge >= 0.3 is 5.97 Å². The van der Waals surface area contributed by atoms with Crippen LogP contribution in [-0.4, -0.2) is 36.3 Å². The third kappa shape index (κ3) is 3.71. The van der Waals surface area contributed by atoms with Gasteiger partial charge in [-0.3, -0.25) is 9.59 Å². The normalized spacial score (nSPS) is 41.2. The van der Waals surface area contributed by atoms with Crippen molar-refractivity contribution in [2.75, 3.05) is 19.6 Å². The molecule has 0 aromatic heterocycles. The van der Waals surface area contributed by atoms with Gasteiger partial charge in [0.1, 0.15) is 5.76 Å². The summed E-state index contributed by atoms with van der Waals surface area (Å²) in [5.41, 5.74) is 1.51. The van der Waals surface area contributed by atoms with Crippen LogP contribution in [0, 0.1) is 34.5 Å². The number of nitrogens with zero attached hydrogens (tertiary/aromatic N) is 1. The monoisotopic (exact) mass is 439 g/mol. The van der Waals surface area contributed by atoms with Gasteiger partial charge < -0.3 is 9.64 Å². The van der Waals surface area contributed by atoms with Crippen molar-refractivity contribution in [2.45, 2.75) is 85.0 Å². The molecule has 4 aliphatic carbocycles. The maximum atomic E-state index is 12.5. The number of esters is 1. The van der Waals surface area contributed by atoms with E-state index >= 15 is 0 Å². The number of carbonyl (C=O) groups excluding carboxylic acids is 2. The number of fused-ring (bicyclic) bond motifs is 5. The highest BCUT2D eigenvalue weighted by atomic mass is 16.5. The van der Waals surface area contributed by atoms with Crippen molar-refractivity contribution >= 4 is 11.8 Å². The molecule has 32 heavy (non-hydrogen) atoms. The molecule has 1 heterocycles. The van der Waals surface area contributed by atoms with E-state index in [0.717, 1.165) is 68.5 Å². The van der Waals surface area contributed by atoms with Crippen LogP contribution in [-0.2, 0) is 14.3 Å². The van der Waals surface area contributed by atoms with Crippen LogP contribution in [0.2, 0.25) is 0 Å². The summed E-state index contributed by atoms with van der Waals surface area (Å²) in [5, 5.41) is 0. The lowest BCUT2D eigenvalue weighted by molar-refractivity contribution is -0.141. The summed E-state index contributed by atoms with van der Waals surface area (Å²) < 4.78 is 5.86. The molecule has 5 aliphatic rings. The molecule has 0 bridgehead atoms. The van der Waals surface area contributed by atoms with Crippen molar-refractivity contribution in [1.82, 2.24) is 4.90 Å². The largest absolute Gasteiger partial charge is 0.431 e. The molecule has 6 atom stereocenters. The summed E-state index contributed by atoms with van der Waals surface area (Å²) >= 11 is 0. The van der Waals surface area contributed by atoms with Gasteiger partial charge in [-0.15, -0.1) is 0 Å². The van der Waals surface area contributed by atoms with E-state index in [1.807, 2.05) is 0 Å². The molecule has 3 fully saturated rings. The van der Waals surface area contributed by atoms with E-state index in [1.165, 1.54) is 32.1 Å². The molecule has 1 aliphatic heterocycles. The number of ether oxygens (including phenoxy) is 1. The molecule has 5 rings (SSSR count). The molecule has 0 unspecified atom stereocenters. The molecule has 4 heteroatoms. The van der Waals surface area contributed by atoms with Crippen LogP contribution in [0.15, 0.2) is 23.5 Å². The van der Waals surface area contributed by atoms with Crippen molar-refractivity contribution in [3.8, 4) is 0 Å². The highest BCUT2D eigenvalue weighted by Crippen LogP contribution is 2.66. The van der Waals surface area contributed by atoms with E-state index in [2.05, 4.69) is 30.9 Å². The molecule has 0 radical (unpaired) electrons. The summed E-state index contributed by atoms with van der Waals surface area (Å²) in [6.07, 6.45) is 15.5. The first-order valence-electron chi connectivity index (χ1n) is 13.2. The van der Waals surface area contributed by atoms with Gasteiger partial charge in [-0.05, 0) is 118 Å². The molecule has 4 nitrogen and oxygen atoms in total. The zero-order valence-electron chi connectivity index (χ0n) is 20.3. The van der Waals surface area contributed by atoms with Crippen LogP contribution in [0.5, 0.6) is 0 Å². The Morgan fingerprint density at radius 1 is 1.09 bits per heavy atom. The topological polar surface area (TPSA) is 46.6 Å². The standard InChI is InChI=1S/C28H41NO3/c1-19(30)23-8-9-24-22-7-6-20-18-21(32-26(31)12-17-29-15-4-5-16-29)10-13-27(20,2)25(22)11-14-28(23,24)3/h8,18,20,22,24-25H,4-7,9-17H2,1-3H3/t20-,22+,24+,25+,27+,28-/m1/s1. The maximum absolute atomic E-state index is 12.5. The van der Waals surface area contributed by atoms with Gasteiger partial charge in [-0.2, -0.15) is 0 Å². The number of rotatable bonds is 5. The van der Waals surface area contributed by atoms with E-state index in [0.29, 0.717) is 23.7 Å². The summed E-state index contributed by atoms with van der Waals surface area (Å²) in [7, 11) is 0. The zero-order valence-corrected chi connectivity index (χ0v) is 20.3. The lowest BCUT2D eigenvalue weighted by Gasteiger charge is -2.59. The Kier molecular flexibility index (Phi) is 5.89. The number of ketones is 1. The van der Waals surface area contributed by atoms with Crippen molar-refractivity contribution in [1.29, 1.82) is 0 Å². The third-order valence-corrected chi connectivity index (χ3v) is 10.3. The lowest BCUT2D eigenvalue weighted by Crippen LogP contribution is -2.52. The first-order valence-corrected chi connectivity index (χ1v) is 13.2. The van der Waals surface area contributed by atoms with Crippen LogP contribution in [0.3, 0.4) is 0 Å². The number of Topliss-reactive ketones (excluding diaryl/α,β-unsaturated/α-hetero) is 1. The fourth-order valence-electron chi connectivity index (χ4n) is 8.48. The van der Waals surface area contributed by atoms with Crippen molar-refractivity contribution < 1.29 is 14.3 Å². The number of carbonyl (C=O) groups is 2. The predicted molar refractivity (Wildman–Crippen MR) is 126 cm³/mol. The van der Waals surface area contributed by atoms with Gasteiger partial charge in [-0.25, -0.2) is 0 Å². The highest BCUT2D eigenvalue weighted by molar-refractivity contribution is 5.95. The average molecular weight is 440 g/mol. The summed E-state index contributed by atoms with van der Waals surface area (Å²) in [6, 6.07) is 0. The molecule has 2 saturated carbocycles. The number of hydrogen-bond donors (Lipinski definition) is 0. The number of hydrogen-bond acceptors (Lipinski definition) is 4. The van der Waals surface area contributed by atoms with Gasteiger partial charge in [0.15, 0.2) is 5.78 Å². The fraction of sp³-hybridized carbons (Fsp3) is 0.786. The second-order valence-electron chi connectivity index (χ2n) is 11.8. The number of allylic oxidation sites excluding steroid dienone is 4. The van der Waals surface area contributed by atoms with Crippen LogP contribution < -0.4 is 0 Å². The van der Waals surface area contributed by atoms with E-state index < -0.39 is 0 Å². The summed E-state index contributed by atoms with van der Waals surface area (Å²) in [4.78, 5) is 27.1. The van der Waals surface area contributed by atoms with Crippen LogP contribution in [0.4, 0.5) is 0 Å². The Balaban J connectivity index is 1.24. The maximum Gasteiger partial charge on any atom is 0.312 e. The van der Waals surface area contributed by atoms with Crippen LogP contribution in [0.1, 0.15) is 85.0 Å².